The Morgan fingerprint density at radius 1 is 1.25 bits per heavy atom. The monoisotopic (exact) mass is 338 g/mol. The minimum absolute atomic E-state index is 0.307. The van der Waals surface area contributed by atoms with E-state index in [0.717, 1.165) is 18.4 Å². The Morgan fingerprint density at radius 2 is 2.00 bits per heavy atom. The molecule has 0 radical (unpaired) electrons. The molecule has 0 N–H and O–H groups in total. The molecular formula is C21H26O2Si. The molecule has 0 saturated carbocycles. The highest BCUT2D eigenvalue weighted by Gasteiger charge is 2.23. The Kier molecular flexibility index (Phi) is 6.63. The number of ether oxygens (including phenoxy) is 1. The lowest BCUT2D eigenvalue weighted by molar-refractivity contribution is -0.137. The van der Waals surface area contributed by atoms with Crippen molar-refractivity contribution in [3.05, 3.63) is 53.3 Å². The predicted octanol–water partition coefficient (Wildman–Crippen LogP) is 4.13. The van der Waals surface area contributed by atoms with E-state index in [9.17, 15) is 4.79 Å². The fraction of sp³-hybridized carbons (Fsp3) is 0.381. The van der Waals surface area contributed by atoms with Gasteiger partial charge in [-0.2, -0.15) is 0 Å². The molecule has 126 valence electrons. The van der Waals surface area contributed by atoms with Gasteiger partial charge in [-0.15, -0.1) is 0 Å². The number of carbonyl (C=O) groups is 1. The zero-order valence-corrected chi connectivity index (χ0v) is 15.9. The molecule has 0 heterocycles. The van der Waals surface area contributed by atoms with Crippen LogP contribution in [0.15, 0.2) is 53.3 Å². The largest absolute Gasteiger partial charge is 0.462 e. The molecule has 0 saturated heterocycles. The van der Waals surface area contributed by atoms with Crippen molar-refractivity contribution in [1.82, 2.24) is 0 Å². The van der Waals surface area contributed by atoms with Gasteiger partial charge in [0.25, 0.3) is 0 Å². The van der Waals surface area contributed by atoms with Crippen LogP contribution in [-0.2, 0) is 9.53 Å². The smallest absolute Gasteiger partial charge is 0.345 e. The zero-order valence-electron chi connectivity index (χ0n) is 14.9. The molecule has 0 atom stereocenters. The highest BCUT2D eigenvalue weighted by atomic mass is 28.3. The van der Waals surface area contributed by atoms with Gasteiger partial charge in [-0.05, 0) is 38.2 Å². The Hall–Kier alpha value is -2.05. The van der Waals surface area contributed by atoms with Gasteiger partial charge < -0.3 is 4.74 Å². The van der Waals surface area contributed by atoms with Gasteiger partial charge in [0, 0.05) is 0 Å². The molecule has 1 aliphatic rings. The number of allylic oxidation sites excluding steroid dienone is 2. The molecule has 0 unspecified atom stereocenters. The van der Waals surface area contributed by atoms with E-state index in [0.29, 0.717) is 12.2 Å². The van der Waals surface area contributed by atoms with E-state index in [1.165, 1.54) is 18.0 Å². The average Bonchev–Trinajstić information content (AvgIpc) is 2.60. The van der Waals surface area contributed by atoms with Gasteiger partial charge in [0.2, 0.25) is 0 Å². The van der Waals surface area contributed by atoms with Gasteiger partial charge in [0.15, 0.2) is 0 Å². The molecule has 0 fully saturated rings. The fourth-order valence-electron chi connectivity index (χ4n) is 2.77. The summed E-state index contributed by atoms with van der Waals surface area (Å²) in [6.07, 6.45) is 6.72. The molecule has 3 heteroatoms. The number of benzene rings is 1. The van der Waals surface area contributed by atoms with Gasteiger partial charge in [-0.25, -0.2) is 4.79 Å². The average molecular weight is 339 g/mol. The summed E-state index contributed by atoms with van der Waals surface area (Å²) >= 11 is 0. The summed E-state index contributed by atoms with van der Waals surface area (Å²) in [4.78, 5) is 12.3. The standard InChI is InChI=1S/C21H26O2Si/c1-4-23-21(22)19(16-15-18-11-7-5-8-12-18)17-24(2,3)20-13-9-6-10-14-20/h6,9-11,13-14,17H,4-5,7-8,12H2,1-3H3/b19-17+. The highest BCUT2D eigenvalue weighted by Crippen LogP contribution is 2.17. The number of carbonyl (C=O) groups excluding carboxylic acids is 1. The van der Waals surface area contributed by atoms with Crippen LogP contribution in [0.3, 0.4) is 0 Å². The third-order valence-corrected chi connectivity index (χ3v) is 7.00. The first kappa shape index (κ1) is 18.3. The normalized spacial score (nSPS) is 15.1. The van der Waals surface area contributed by atoms with E-state index >= 15 is 0 Å². The van der Waals surface area contributed by atoms with Gasteiger partial charge in [0.05, 0.1) is 6.61 Å². The van der Waals surface area contributed by atoms with E-state index < -0.39 is 8.07 Å². The lowest BCUT2D eigenvalue weighted by atomic mass is 10.00. The summed E-state index contributed by atoms with van der Waals surface area (Å²) < 4.78 is 5.22. The van der Waals surface area contributed by atoms with E-state index in [2.05, 4.69) is 48.8 Å². The summed E-state index contributed by atoms with van der Waals surface area (Å²) in [6, 6.07) is 10.4. The van der Waals surface area contributed by atoms with Crippen LogP contribution in [0.4, 0.5) is 0 Å². The van der Waals surface area contributed by atoms with Crippen molar-refractivity contribution in [2.24, 2.45) is 0 Å². The van der Waals surface area contributed by atoms with Gasteiger partial charge >= 0.3 is 5.97 Å². The maximum absolute atomic E-state index is 12.3. The first-order valence-corrected chi connectivity index (χ1v) is 11.8. The Balaban J connectivity index is 2.33. The molecule has 0 aliphatic heterocycles. The minimum atomic E-state index is -1.91. The van der Waals surface area contributed by atoms with Crippen LogP contribution in [0.25, 0.3) is 0 Å². The van der Waals surface area contributed by atoms with Crippen LogP contribution < -0.4 is 5.19 Å². The van der Waals surface area contributed by atoms with E-state index in [1.54, 1.807) is 0 Å². The van der Waals surface area contributed by atoms with E-state index in [-0.39, 0.29) is 5.97 Å². The highest BCUT2D eigenvalue weighted by molar-refractivity contribution is 6.94. The zero-order chi connectivity index (χ0) is 17.4. The molecular weight excluding hydrogens is 312 g/mol. The van der Waals surface area contributed by atoms with Crippen molar-refractivity contribution in [2.45, 2.75) is 45.7 Å². The van der Waals surface area contributed by atoms with Crippen LogP contribution >= 0.6 is 0 Å². The predicted molar refractivity (Wildman–Crippen MR) is 103 cm³/mol. The maximum Gasteiger partial charge on any atom is 0.345 e. The quantitative estimate of drug-likeness (QED) is 0.357. The molecule has 0 aromatic heterocycles. The van der Waals surface area contributed by atoms with Crippen molar-refractivity contribution in [2.75, 3.05) is 6.61 Å². The van der Waals surface area contributed by atoms with E-state index in [1.807, 2.05) is 25.1 Å². The Morgan fingerprint density at radius 3 is 2.62 bits per heavy atom. The van der Waals surface area contributed by atoms with Crippen LogP contribution in [0.2, 0.25) is 13.1 Å². The molecule has 0 spiro atoms. The first-order chi connectivity index (χ1) is 11.5. The molecule has 0 bridgehead atoms. The van der Waals surface area contributed by atoms with Crippen molar-refractivity contribution in [1.29, 1.82) is 0 Å². The molecule has 1 aliphatic carbocycles. The molecule has 2 nitrogen and oxygen atoms in total. The summed E-state index contributed by atoms with van der Waals surface area (Å²) in [5, 5.41) is 1.28. The van der Waals surface area contributed by atoms with Gasteiger partial charge in [-0.3, -0.25) is 0 Å². The second kappa shape index (κ2) is 8.70. The third-order valence-electron chi connectivity index (χ3n) is 4.17. The summed E-state index contributed by atoms with van der Waals surface area (Å²) in [6.45, 7) is 6.65. The van der Waals surface area contributed by atoms with Crippen LogP contribution in [0.1, 0.15) is 32.6 Å². The number of rotatable bonds is 4. The lowest BCUT2D eigenvalue weighted by Crippen LogP contribution is -2.40. The summed E-state index contributed by atoms with van der Waals surface area (Å²) in [7, 11) is -1.91. The Bertz CT molecular complexity index is 688. The molecule has 1 aromatic rings. The number of hydrogen-bond donors (Lipinski definition) is 0. The number of hydrogen-bond acceptors (Lipinski definition) is 2. The van der Waals surface area contributed by atoms with Crippen LogP contribution in [0, 0.1) is 11.8 Å². The van der Waals surface area contributed by atoms with Crippen molar-refractivity contribution in [3.8, 4) is 11.8 Å². The third kappa shape index (κ3) is 5.25. The summed E-state index contributed by atoms with van der Waals surface area (Å²) in [5.41, 5.74) is 3.72. The fourth-order valence-corrected chi connectivity index (χ4v) is 4.90. The van der Waals surface area contributed by atoms with Gasteiger partial charge in [0.1, 0.15) is 13.6 Å². The van der Waals surface area contributed by atoms with Gasteiger partial charge in [-0.1, -0.05) is 72.2 Å². The molecule has 24 heavy (non-hydrogen) atoms. The molecule has 0 amide bonds. The SMILES string of the molecule is CCOC(=O)/C(C#CC1=CCCCC1)=C/[Si](C)(C)c1ccccc1. The Labute approximate surface area is 146 Å². The molecule has 2 rings (SSSR count). The van der Waals surface area contributed by atoms with Crippen molar-refractivity contribution in [3.63, 3.8) is 0 Å². The lowest BCUT2D eigenvalue weighted by Gasteiger charge is -2.19. The first-order valence-electron chi connectivity index (χ1n) is 8.69. The molecule has 1 aromatic carbocycles. The van der Waals surface area contributed by atoms with Crippen LogP contribution in [-0.4, -0.2) is 20.7 Å². The van der Waals surface area contributed by atoms with Crippen molar-refractivity contribution < 1.29 is 9.53 Å². The summed E-state index contributed by atoms with van der Waals surface area (Å²) in [5.74, 6) is 5.99. The van der Waals surface area contributed by atoms with Crippen molar-refractivity contribution >= 4 is 19.2 Å². The second-order valence-corrected chi connectivity index (χ2v) is 10.9. The maximum atomic E-state index is 12.3. The topological polar surface area (TPSA) is 26.3 Å². The van der Waals surface area contributed by atoms with Crippen LogP contribution in [0.5, 0.6) is 0 Å². The van der Waals surface area contributed by atoms with E-state index in [4.69, 9.17) is 4.74 Å². The minimum Gasteiger partial charge on any atom is -0.462 e. The number of esters is 1. The second-order valence-electron chi connectivity index (χ2n) is 6.59.